The molecule has 29 heavy (non-hydrogen) atoms. The fraction of sp³-hybridized carbons (Fsp3) is 0.227. The summed E-state index contributed by atoms with van der Waals surface area (Å²) in [5.74, 6) is -1.01. The predicted molar refractivity (Wildman–Crippen MR) is 112 cm³/mol. The van der Waals surface area contributed by atoms with Gasteiger partial charge in [0.15, 0.2) is 6.10 Å². The second-order valence-corrected chi connectivity index (χ2v) is 7.03. The van der Waals surface area contributed by atoms with Gasteiger partial charge in [0.05, 0.1) is 12.2 Å². The lowest BCUT2D eigenvalue weighted by Gasteiger charge is -2.21. The first kappa shape index (κ1) is 20.6. The number of aromatic nitrogens is 2. The van der Waals surface area contributed by atoms with Gasteiger partial charge in [0, 0.05) is 12.7 Å². The molecule has 0 aliphatic heterocycles. The summed E-state index contributed by atoms with van der Waals surface area (Å²) in [7, 11) is 1.64. The quantitative estimate of drug-likeness (QED) is 0.573. The van der Waals surface area contributed by atoms with Gasteiger partial charge in [-0.15, -0.1) is 0 Å². The maximum Gasteiger partial charge on any atom is 0.343 e. The standard InChI is InChI=1S/C22H22ClN3O3/c1-15-19(20(23)26(24-15)14-17-10-6-4-7-11-17)22(28)29-16(2)21(27)25(3)18-12-8-5-9-13-18/h4-13,16H,14H2,1-3H3. The Hall–Kier alpha value is -3.12. The molecule has 0 N–H and O–H groups in total. The lowest BCUT2D eigenvalue weighted by molar-refractivity contribution is -0.126. The molecule has 0 fully saturated rings. The molecule has 0 aliphatic rings. The molecule has 0 radical (unpaired) electrons. The van der Waals surface area contributed by atoms with Crippen LogP contribution >= 0.6 is 11.6 Å². The Morgan fingerprint density at radius 2 is 1.69 bits per heavy atom. The molecular weight excluding hydrogens is 390 g/mol. The van der Waals surface area contributed by atoms with E-state index in [4.69, 9.17) is 16.3 Å². The number of esters is 1. The van der Waals surface area contributed by atoms with Crippen LogP contribution in [-0.2, 0) is 16.1 Å². The third-order valence-electron chi connectivity index (χ3n) is 4.55. The summed E-state index contributed by atoms with van der Waals surface area (Å²) in [5, 5.41) is 4.54. The third kappa shape index (κ3) is 4.66. The van der Waals surface area contributed by atoms with Crippen LogP contribution in [0, 0.1) is 6.92 Å². The van der Waals surface area contributed by atoms with E-state index in [0.29, 0.717) is 17.9 Å². The zero-order valence-corrected chi connectivity index (χ0v) is 17.3. The van der Waals surface area contributed by atoms with Crippen molar-refractivity contribution in [3.05, 3.63) is 82.6 Å². The van der Waals surface area contributed by atoms with Crippen LogP contribution in [0.4, 0.5) is 5.69 Å². The predicted octanol–water partition coefficient (Wildman–Crippen LogP) is 4.10. The summed E-state index contributed by atoms with van der Waals surface area (Å²) < 4.78 is 6.95. The number of halogens is 1. The van der Waals surface area contributed by atoms with Crippen LogP contribution in [0.5, 0.6) is 0 Å². The Morgan fingerprint density at radius 1 is 1.10 bits per heavy atom. The van der Waals surface area contributed by atoms with Crippen LogP contribution in [0.25, 0.3) is 0 Å². The minimum atomic E-state index is -0.972. The average molecular weight is 412 g/mol. The molecule has 1 atom stereocenters. The number of nitrogens with zero attached hydrogens (tertiary/aromatic N) is 3. The van der Waals surface area contributed by atoms with Crippen molar-refractivity contribution in [3.63, 3.8) is 0 Å². The van der Waals surface area contributed by atoms with E-state index in [1.165, 1.54) is 11.8 Å². The van der Waals surface area contributed by atoms with Gasteiger partial charge >= 0.3 is 5.97 Å². The summed E-state index contributed by atoms with van der Waals surface area (Å²) >= 11 is 6.40. The van der Waals surface area contributed by atoms with Crippen LogP contribution in [0.3, 0.4) is 0 Å². The van der Waals surface area contributed by atoms with E-state index in [9.17, 15) is 9.59 Å². The molecule has 1 aromatic heterocycles. The van der Waals surface area contributed by atoms with Gasteiger partial charge in [0.25, 0.3) is 5.91 Å². The fourth-order valence-corrected chi connectivity index (χ4v) is 3.28. The fourth-order valence-electron chi connectivity index (χ4n) is 2.97. The van der Waals surface area contributed by atoms with Crippen molar-refractivity contribution < 1.29 is 14.3 Å². The number of carbonyl (C=O) groups excluding carboxylic acids is 2. The van der Waals surface area contributed by atoms with E-state index >= 15 is 0 Å². The molecule has 6 nitrogen and oxygen atoms in total. The van der Waals surface area contributed by atoms with Crippen LogP contribution in [-0.4, -0.2) is 34.8 Å². The normalized spacial score (nSPS) is 11.7. The summed E-state index contributed by atoms with van der Waals surface area (Å²) in [6.45, 7) is 3.66. The number of likely N-dealkylation sites (N-methyl/N-ethyl adjacent to an activating group) is 1. The van der Waals surface area contributed by atoms with Crippen LogP contribution in [0.2, 0.25) is 5.15 Å². The highest BCUT2D eigenvalue weighted by molar-refractivity contribution is 6.32. The highest BCUT2D eigenvalue weighted by Crippen LogP contribution is 2.23. The molecule has 0 aliphatic carbocycles. The highest BCUT2D eigenvalue weighted by atomic mass is 35.5. The van der Waals surface area contributed by atoms with Crippen LogP contribution < -0.4 is 4.90 Å². The van der Waals surface area contributed by atoms with Crippen molar-refractivity contribution in [3.8, 4) is 0 Å². The van der Waals surface area contributed by atoms with Gasteiger partial charge in [0.2, 0.25) is 0 Å². The van der Waals surface area contributed by atoms with E-state index in [-0.39, 0.29) is 16.6 Å². The van der Waals surface area contributed by atoms with Gasteiger partial charge < -0.3 is 9.64 Å². The number of para-hydroxylation sites is 1. The summed E-state index contributed by atoms with van der Waals surface area (Å²) in [6.07, 6.45) is -0.972. The van der Waals surface area contributed by atoms with Crippen molar-refractivity contribution in [1.29, 1.82) is 0 Å². The van der Waals surface area contributed by atoms with Gasteiger partial charge in [-0.3, -0.25) is 4.79 Å². The molecule has 0 spiro atoms. The number of benzene rings is 2. The lowest BCUT2D eigenvalue weighted by Crippen LogP contribution is -2.37. The van der Waals surface area contributed by atoms with Gasteiger partial charge in [0.1, 0.15) is 10.7 Å². The zero-order chi connectivity index (χ0) is 21.0. The molecule has 0 bridgehead atoms. The number of hydrogen-bond acceptors (Lipinski definition) is 4. The third-order valence-corrected chi connectivity index (χ3v) is 4.93. The molecule has 0 saturated carbocycles. The Bertz CT molecular complexity index is 1000. The number of aryl methyl sites for hydroxylation is 1. The smallest absolute Gasteiger partial charge is 0.343 e. The van der Waals surface area contributed by atoms with Crippen LogP contribution in [0.15, 0.2) is 60.7 Å². The first-order valence-corrected chi connectivity index (χ1v) is 9.56. The van der Waals surface area contributed by atoms with E-state index in [1.807, 2.05) is 48.5 Å². The highest BCUT2D eigenvalue weighted by Gasteiger charge is 2.27. The second kappa shape index (κ2) is 8.92. The maximum absolute atomic E-state index is 12.7. The van der Waals surface area contributed by atoms with Gasteiger partial charge in [-0.2, -0.15) is 5.10 Å². The molecule has 1 amide bonds. The summed E-state index contributed by atoms with van der Waals surface area (Å²) in [4.78, 5) is 26.8. The number of amides is 1. The van der Waals surface area contributed by atoms with Gasteiger partial charge in [-0.05, 0) is 31.5 Å². The number of carbonyl (C=O) groups is 2. The van der Waals surface area contributed by atoms with Gasteiger partial charge in [-0.25, -0.2) is 9.48 Å². The molecule has 1 heterocycles. The first-order chi connectivity index (χ1) is 13.9. The molecule has 150 valence electrons. The van der Waals surface area contributed by atoms with Crippen molar-refractivity contribution in [2.45, 2.75) is 26.5 Å². The molecule has 2 aromatic carbocycles. The van der Waals surface area contributed by atoms with Crippen molar-refractivity contribution in [2.24, 2.45) is 0 Å². The SMILES string of the molecule is Cc1nn(Cc2ccccc2)c(Cl)c1C(=O)OC(C)C(=O)N(C)c1ccccc1. The van der Waals surface area contributed by atoms with Crippen molar-refractivity contribution in [2.75, 3.05) is 11.9 Å². The molecular formula is C22H22ClN3O3. The molecule has 3 aromatic rings. The van der Waals surface area contributed by atoms with Crippen molar-refractivity contribution >= 4 is 29.2 Å². The maximum atomic E-state index is 12.7. The van der Waals surface area contributed by atoms with E-state index in [0.717, 1.165) is 5.56 Å². The largest absolute Gasteiger partial charge is 0.449 e. The Balaban J connectivity index is 1.72. The number of hydrogen-bond donors (Lipinski definition) is 0. The molecule has 3 rings (SSSR count). The molecule has 0 saturated heterocycles. The summed E-state index contributed by atoms with van der Waals surface area (Å²) in [5.41, 5.74) is 2.34. The Kier molecular flexibility index (Phi) is 6.34. The van der Waals surface area contributed by atoms with E-state index in [2.05, 4.69) is 5.10 Å². The first-order valence-electron chi connectivity index (χ1n) is 9.19. The topological polar surface area (TPSA) is 64.4 Å². The Morgan fingerprint density at radius 3 is 2.31 bits per heavy atom. The summed E-state index contributed by atoms with van der Waals surface area (Å²) in [6, 6.07) is 18.8. The number of anilines is 1. The van der Waals surface area contributed by atoms with Crippen molar-refractivity contribution in [1.82, 2.24) is 9.78 Å². The number of ether oxygens (including phenoxy) is 1. The number of rotatable bonds is 6. The monoisotopic (exact) mass is 411 g/mol. The average Bonchev–Trinajstić information content (AvgIpc) is 3.01. The second-order valence-electron chi connectivity index (χ2n) is 6.67. The minimum absolute atomic E-state index is 0.171. The Labute approximate surface area is 174 Å². The van der Waals surface area contributed by atoms with E-state index < -0.39 is 12.1 Å². The van der Waals surface area contributed by atoms with E-state index in [1.54, 1.807) is 30.8 Å². The lowest BCUT2D eigenvalue weighted by atomic mass is 10.2. The molecule has 7 heteroatoms. The molecule has 1 unspecified atom stereocenters. The van der Waals surface area contributed by atoms with Crippen LogP contribution in [0.1, 0.15) is 28.5 Å². The van der Waals surface area contributed by atoms with Gasteiger partial charge in [-0.1, -0.05) is 60.1 Å². The minimum Gasteiger partial charge on any atom is -0.449 e. The zero-order valence-electron chi connectivity index (χ0n) is 16.5.